The Bertz CT molecular complexity index is 576. The maximum Gasteiger partial charge on any atom is 0.225 e. The molecule has 4 nitrogen and oxygen atoms in total. The molecule has 3 aliphatic rings. The van der Waals surface area contributed by atoms with Crippen LogP contribution in [0, 0.1) is 23.7 Å². The second-order valence-electron chi connectivity index (χ2n) is 8.11. The van der Waals surface area contributed by atoms with Crippen molar-refractivity contribution in [3.05, 3.63) is 24.4 Å². The summed E-state index contributed by atoms with van der Waals surface area (Å²) in [6.45, 7) is 4.03. The van der Waals surface area contributed by atoms with Crippen molar-refractivity contribution in [2.24, 2.45) is 23.7 Å². The summed E-state index contributed by atoms with van der Waals surface area (Å²) in [5.74, 6) is 3.86. The van der Waals surface area contributed by atoms with Crippen LogP contribution in [0.3, 0.4) is 0 Å². The van der Waals surface area contributed by atoms with E-state index >= 15 is 0 Å². The van der Waals surface area contributed by atoms with Crippen molar-refractivity contribution in [3.63, 3.8) is 0 Å². The van der Waals surface area contributed by atoms with Crippen LogP contribution in [0.1, 0.15) is 45.4 Å². The van der Waals surface area contributed by atoms with Gasteiger partial charge in [0.2, 0.25) is 5.91 Å². The van der Waals surface area contributed by atoms with Crippen molar-refractivity contribution < 1.29 is 4.79 Å². The van der Waals surface area contributed by atoms with Gasteiger partial charge >= 0.3 is 0 Å². The van der Waals surface area contributed by atoms with E-state index in [9.17, 15) is 4.79 Å². The summed E-state index contributed by atoms with van der Waals surface area (Å²) in [6, 6.07) is 6.33. The molecule has 0 aromatic carbocycles. The Morgan fingerprint density at radius 1 is 1.29 bits per heavy atom. The van der Waals surface area contributed by atoms with E-state index in [0.29, 0.717) is 12.0 Å². The van der Waals surface area contributed by atoms with E-state index in [2.05, 4.69) is 22.1 Å². The summed E-state index contributed by atoms with van der Waals surface area (Å²) < 4.78 is 0. The molecule has 1 amide bonds. The summed E-state index contributed by atoms with van der Waals surface area (Å²) >= 11 is 0. The van der Waals surface area contributed by atoms with Gasteiger partial charge in [-0.15, -0.1) is 0 Å². The molecule has 24 heavy (non-hydrogen) atoms. The first-order valence-corrected chi connectivity index (χ1v) is 9.67. The molecule has 1 aromatic rings. The fourth-order valence-corrected chi connectivity index (χ4v) is 5.30. The van der Waals surface area contributed by atoms with Crippen LogP contribution in [0.15, 0.2) is 24.4 Å². The van der Waals surface area contributed by atoms with E-state index in [1.165, 1.54) is 25.7 Å². The molecule has 0 unspecified atom stereocenters. The van der Waals surface area contributed by atoms with Crippen LogP contribution >= 0.6 is 0 Å². The molecule has 2 aliphatic carbocycles. The molecule has 1 saturated heterocycles. The van der Waals surface area contributed by atoms with Gasteiger partial charge in [-0.2, -0.15) is 0 Å². The number of rotatable bonds is 4. The Kier molecular flexibility index (Phi) is 4.47. The summed E-state index contributed by atoms with van der Waals surface area (Å²) in [5, 5.41) is 3.36. The molecule has 0 spiro atoms. The maximum atomic E-state index is 12.8. The first kappa shape index (κ1) is 15.9. The molecule has 130 valence electrons. The quantitative estimate of drug-likeness (QED) is 0.923. The minimum absolute atomic E-state index is 0.0989. The Morgan fingerprint density at radius 3 is 2.92 bits per heavy atom. The Labute approximate surface area is 145 Å². The number of fused-ring (bicyclic) bond motifs is 2. The zero-order valence-corrected chi connectivity index (χ0v) is 14.7. The lowest BCUT2D eigenvalue weighted by Crippen LogP contribution is -2.47. The SMILES string of the molecule is C[C@H](NC(=O)[C@H]1CCCN(c2ccccn2)C1)[C@H]1C[C@H]2CC[C@H]1C2. The smallest absolute Gasteiger partial charge is 0.225 e. The third-order valence-electron chi connectivity index (χ3n) is 6.57. The van der Waals surface area contributed by atoms with Gasteiger partial charge in [0, 0.05) is 25.3 Å². The van der Waals surface area contributed by atoms with E-state index < -0.39 is 0 Å². The number of amides is 1. The fraction of sp³-hybridized carbons (Fsp3) is 0.700. The fourth-order valence-electron chi connectivity index (χ4n) is 5.30. The van der Waals surface area contributed by atoms with Crippen molar-refractivity contribution >= 4 is 11.7 Å². The van der Waals surface area contributed by atoms with Gasteiger partial charge in [-0.1, -0.05) is 12.5 Å². The van der Waals surface area contributed by atoms with Gasteiger partial charge in [-0.3, -0.25) is 4.79 Å². The number of pyridine rings is 1. The van der Waals surface area contributed by atoms with Gasteiger partial charge in [0.25, 0.3) is 0 Å². The third-order valence-corrected chi connectivity index (χ3v) is 6.57. The highest BCUT2D eigenvalue weighted by Gasteiger charge is 2.42. The third kappa shape index (κ3) is 3.15. The maximum absolute atomic E-state index is 12.8. The second-order valence-corrected chi connectivity index (χ2v) is 8.11. The Morgan fingerprint density at radius 2 is 2.21 bits per heavy atom. The van der Waals surface area contributed by atoms with Crippen molar-refractivity contribution in [2.45, 2.75) is 51.5 Å². The van der Waals surface area contributed by atoms with Crippen molar-refractivity contribution in [2.75, 3.05) is 18.0 Å². The van der Waals surface area contributed by atoms with Gasteiger partial charge in [0.05, 0.1) is 5.92 Å². The number of carbonyl (C=O) groups excluding carboxylic acids is 1. The van der Waals surface area contributed by atoms with Crippen LogP contribution in [0.2, 0.25) is 0 Å². The van der Waals surface area contributed by atoms with Crippen molar-refractivity contribution in [3.8, 4) is 0 Å². The van der Waals surface area contributed by atoms with Gasteiger partial charge in [-0.25, -0.2) is 4.98 Å². The second kappa shape index (κ2) is 6.73. The number of nitrogens with zero attached hydrogens (tertiary/aromatic N) is 2. The molecule has 2 heterocycles. The number of aromatic nitrogens is 1. The Hall–Kier alpha value is -1.58. The van der Waals surface area contributed by atoms with Crippen LogP contribution in [-0.2, 0) is 4.79 Å². The highest BCUT2D eigenvalue weighted by Crippen LogP contribution is 2.49. The molecule has 4 rings (SSSR count). The highest BCUT2D eigenvalue weighted by atomic mass is 16.2. The number of nitrogens with one attached hydrogen (secondary N) is 1. The molecular formula is C20H29N3O. The average Bonchev–Trinajstić information content (AvgIpc) is 3.26. The minimum Gasteiger partial charge on any atom is -0.356 e. The predicted molar refractivity (Wildman–Crippen MR) is 95.7 cm³/mol. The molecule has 1 aromatic heterocycles. The molecule has 4 heteroatoms. The summed E-state index contributed by atoms with van der Waals surface area (Å²) in [5.41, 5.74) is 0. The van der Waals surface area contributed by atoms with Crippen LogP contribution in [0.5, 0.6) is 0 Å². The van der Waals surface area contributed by atoms with Gasteiger partial charge in [-0.05, 0) is 68.9 Å². The zero-order valence-electron chi connectivity index (χ0n) is 14.7. The van der Waals surface area contributed by atoms with Gasteiger partial charge in [0.15, 0.2) is 0 Å². The molecule has 0 radical (unpaired) electrons. The summed E-state index contributed by atoms with van der Waals surface area (Å²) in [4.78, 5) is 19.5. The molecule has 1 N–H and O–H groups in total. The molecule has 5 atom stereocenters. The summed E-state index contributed by atoms with van der Waals surface area (Å²) in [7, 11) is 0. The standard InChI is InChI=1S/C20H29N3O/c1-14(18-12-15-7-8-16(18)11-15)22-20(24)17-5-4-10-23(13-17)19-6-2-3-9-21-19/h2-3,6,9,14-18H,4-5,7-8,10-13H2,1H3,(H,22,24)/t14-,15-,16-,17-,18+/m0/s1. The lowest BCUT2D eigenvalue weighted by Gasteiger charge is -2.35. The number of carbonyl (C=O) groups is 1. The molecule has 1 aliphatic heterocycles. The first-order valence-electron chi connectivity index (χ1n) is 9.67. The van der Waals surface area contributed by atoms with Crippen molar-refractivity contribution in [1.82, 2.24) is 10.3 Å². The zero-order chi connectivity index (χ0) is 16.5. The number of piperidine rings is 1. The van der Waals surface area contributed by atoms with Crippen molar-refractivity contribution in [1.29, 1.82) is 0 Å². The largest absolute Gasteiger partial charge is 0.356 e. The van der Waals surface area contributed by atoms with E-state index in [1.54, 1.807) is 0 Å². The lowest BCUT2D eigenvalue weighted by atomic mass is 9.83. The Balaban J connectivity index is 1.34. The van der Waals surface area contributed by atoms with E-state index in [0.717, 1.165) is 43.6 Å². The monoisotopic (exact) mass is 327 g/mol. The predicted octanol–water partition coefficient (Wildman–Crippen LogP) is 3.24. The minimum atomic E-state index is 0.0989. The molecule has 3 fully saturated rings. The van der Waals surface area contributed by atoms with E-state index in [1.807, 2.05) is 24.4 Å². The van der Waals surface area contributed by atoms with Crippen LogP contribution < -0.4 is 10.2 Å². The van der Waals surface area contributed by atoms with Gasteiger partial charge < -0.3 is 10.2 Å². The molecule has 2 saturated carbocycles. The van der Waals surface area contributed by atoms with Crippen LogP contribution in [0.25, 0.3) is 0 Å². The van der Waals surface area contributed by atoms with E-state index in [4.69, 9.17) is 0 Å². The number of hydrogen-bond donors (Lipinski definition) is 1. The lowest BCUT2D eigenvalue weighted by molar-refractivity contribution is -0.126. The average molecular weight is 327 g/mol. The van der Waals surface area contributed by atoms with Gasteiger partial charge in [0.1, 0.15) is 5.82 Å². The number of hydrogen-bond acceptors (Lipinski definition) is 3. The van der Waals surface area contributed by atoms with E-state index in [-0.39, 0.29) is 11.8 Å². The molecular weight excluding hydrogens is 298 g/mol. The number of anilines is 1. The normalized spacial score (nSPS) is 33.5. The van der Waals surface area contributed by atoms with Crippen LogP contribution in [0.4, 0.5) is 5.82 Å². The highest BCUT2D eigenvalue weighted by molar-refractivity contribution is 5.79. The van der Waals surface area contributed by atoms with Crippen LogP contribution in [-0.4, -0.2) is 30.0 Å². The summed E-state index contributed by atoms with van der Waals surface area (Å²) in [6.07, 6.45) is 9.43. The first-order chi connectivity index (χ1) is 11.7. The topological polar surface area (TPSA) is 45.2 Å². The molecule has 2 bridgehead atoms.